The average Bonchev–Trinajstić information content (AvgIpc) is 2.50. The van der Waals surface area contributed by atoms with Crippen molar-refractivity contribution < 1.29 is 13.9 Å². The van der Waals surface area contributed by atoms with E-state index in [-0.39, 0.29) is 0 Å². The molecule has 0 aromatic heterocycles. The van der Waals surface area contributed by atoms with E-state index in [1.54, 1.807) is 0 Å². The van der Waals surface area contributed by atoms with Crippen molar-refractivity contribution in [3.05, 3.63) is 0 Å². The second-order valence-electron chi connectivity index (χ2n) is 6.77. The second-order valence-corrected chi connectivity index (χ2v) is 10.8. The third kappa shape index (κ3) is 5.91. The molecule has 5 heteroatoms. The summed E-state index contributed by atoms with van der Waals surface area (Å²) in [5, 5.41) is 0. The highest BCUT2D eigenvalue weighted by molar-refractivity contribution is 8.09. The molecule has 2 aliphatic rings. The molecule has 3 nitrogen and oxygen atoms in total. The van der Waals surface area contributed by atoms with Crippen LogP contribution in [0.2, 0.25) is 0 Å². The molecule has 1 N–H and O–H groups in total. The first-order valence-corrected chi connectivity index (χ1v) is 11.9. The fraction of sp³-hybridized carbons (Fsp3) is 1.00. The molecule has 0 saturated carbocycles. The van der Waals surface area contributed by atoms with Crippen molar-refractivity contribution in [2.75, 3.05) is 33.0 Å². The van der Waals surface area contributed by atoms with E-state index in [2.05, 4.69) is 6.92 Å². The van der Waals surface area contributed by atoms with E-state index in [1.807, 2.05) is 11.6 Å². The molecule has 2 saturated heterocycles. The van der Waals surface area contributed by atoms with E-state index in [4.69, 9.17) is 20.9 Å². The van der Waals surface area contributed by atoms with Crippen LogP contribution < -0.4 is 4.90 Å². The first-order valence-electron chi connectivity index (χ1n) is 8.83. The first-order chi connectivity index (χ1) is 10.1. The van der Waals surface area contributed by atoms with Crippen molar-refractivity contribution in [1.82, 2.24) is 0 Å². The third-order valence-corrected chi connectivity index (χ3v) is 6.93. The third-order valence-electron chi connectivity index (χ3n) is 5.03. The Morgan fingerprint density at radius 2 is 1.90 bits per heavy atom. The van der Waals surface area contributed by atoms with Crippen molar-refractivity contribution in [2.24, 2.45) is 5.92 Å². The second kappa shape index (κ2) is 8.98. The predicted molar refractivity (Wildman–Crippen MR) is 92.7 cm³/mol. The smallest absolute Gasteiger partial charge is 0.185 e. The van der Waals surface area contributed by atoms with Gasteiger partial charge in [-0.15, -0.1) is 0 Å². The molecule has 0 spiro atoms. The minimum Gasteiger partial charge on any atom is -0.332 e. The number of hydrogen-bond acceptors (Lipinski definition) is 3. The fourth-order valence-electron chi connectivity index (χ4n) is 3.83. The highest BCUT2D eigenvalue weighted by Gasteiger charge is 2.37. The van der Waals surface area contributed by atoms with Crippen molar-refractivity contribution in [3.63, 3.8) is 0 Å². The highest BCUT2D eigenvalue weighted by atomic mass is 32.5. The predicted octanol–water partition coefficient (Wildman–Crippen LogP) is 3.00. The number of rotatable bonds is 8. The molecule has 0 amide bonds. The molecule has 0 radical (unpaired) electrons. The average molecular weight is 334 g/mol. The number of hydrogen-bond donors (Lipinski definition) is 1. The number of fused-ring (bicyclic) bond motifs is 1. The molecular formula is C16H33NO2PS+. The van der Waals surface area contributed by atoms with Gasteiger partial charge in [0.05, 0.1) is 32.3 Å². The monoisotopic (exact) mass is 334 g/mol. The Morgan fingerprint density at radius 3 is 2.71 bits per heavy atom. The molecule has 124 valence electrons. The van der Waals surface area contributed by atoms with Gasteiger partial charge < -0.3 is 13.9 Å². The van der Waals surface area contributed by atoms with Crippen molar-refractivity contribution in [1.29, 1.82) is 0 Å². The molecule has 2 fully saturated rings. The minimum absolute atomic E-state index is 0.704. The maximum Gasteiger partial charge on any atom is 0.185 e. The molecule has 2 rings (SSSR count). The molecule has 2 heterocycles. The van der Waals surface area contributed by atoms with E-state index in [9.17, 15) is 0 Å². The Morgan fingerprint density at radius 1 is 1.10 bits per heavy atom. The molecule has 0 bridgehead atoms. The number of quaternary nitrogens is 1. The zero-order valence-corrected chi connectivity index (χ0v) is 15.5. The molecule has 0 aromatic rings. The van der Waals surface area contributed by atoms with Crippen molar-refractivity contribution >= 4 is 18.3 Å². The maximum atomic E-state index is 6.09. The Balaban J connectivity index is 1.74. The number of nitrogens with one attached hydrogen (secondary N) is 1. The summed E-state index contributed by atoms with van der Waals surface area (Å²) >= 11 is 5.57. The molecular weight excluding hydrogens is 301 g/mol. The van der Waals surface area contributed by atoms with Gasteiger partial charge in [0, 0.05) is 12.6 Å². The summed E-state index contributed by atoms with van der Waals surface area (Å²) < 4.78 is 11.9. The van der Waals surface area contributed by atoms with Crippen LogP contribution in [-0.2, 0) is 20.9 Å². The zero-order valence-electron chi connectivity index (χ0n) is 13.8. The minimum atomic E-state index is -2.02. The zero-order chi connectivity index (χ0) is 15.1. The van der Waals surface area contributed by atoms with Crippen LogP contribution in [0.15, 0.2) is 0 Å². The largest absolute Gasteiger partial charge is 0.332 e. The van der Waals surface area contributed by atoms with Gasteiger partial charge in [-0.3, -0.25) is 0 Å². The van der Waals surface area contributed by atoms with Crippen LogP contribution in [0.5, 0.6) is 0 Å². The molecule has 2 aliphatic heterocycles. The summed E-state index contributed by atoms with van der Waals surface area (Å²) in [6, 6.07) is 0.822. The summed E-state index contributed by atoms with van der Waals surface area (Å²) in [7, 11) is 0. The lowest BCUT2D eigenvalue weighted by Gasteiger charge is -2.41. The Bertz CT molecular complexity index is 351. The van der Waals surface area contributed by atoms with E-state index in [1.165, 1.54) is 58.0 Å². The van der Waals surface area contributed by atoms with E-state index < -0.39 is 6.49 Å². The normalized spacial score (nSPS) is 32.4. The number of unbranched alkanes of at least 4 members (excludes halogenated alkanes) is 2. The molecule has 0 aliphatic carbocycles. The van der Waals surface area contributed by atoms with Crippen LogP contribution in [0.3, 0.4) is 0 Å². The highest BCUT2D eigenvalue weighted by Crippen LogP contribution is 2.45. The van der Waals surface area contributed by atoms with Gasteiger partial charge in [0.15, 0.2) is 6.49 Å². The number of piperidine rings is 2. The Labute approximate surface area is 135 Å². The van der Waals surface area contributed by atoms with Crippen LogP contribution in [0, 0.1) is 5.92 Å². The molecule has 1 unspecified atom stereocenters. The van der Waals surface area contributed by atoms with Gasteiger partial charge in [-0.1, -0.05) is 19.8 Å². The lowest BCUT2D eigenvalue weighted by Crippen LogP contribution is -3.18. The van der Waals surface area contributed by atoms with Gasteiger partial charge in [-0.2, -0.15) is 0 Å². The van der Waals surface area contributed by atoms with Crippen molar-refractivity contribution in [2.45, 2.75) is 64.3 Å². The van der Waals surface area contributed by atoms with Gasteiger partial charge in [0.25, 0.3) is 0 Å². The molecule has 0 aromatic carbocycles. The summed E-state index contributed by atoms with van der Waals surface area (Å²) in [6.45, 7) is 6.53. The SMILES string of the molecule is CCCCCO[P@@](C)(=S)OC[C@H]1CCC[NH+]2CCCC[C@H]12. The quantitative estimate of drug-likeness (QED) is 0.545. The van der Waals surface area contributed by atoms with Crippen LogP contribution in [0.25, 0.3) is 0 Å². The van der Waals surface area contributed by atoms with Crippen LogP contribution in [0.1, 0.15) is 58.3 Å². The topological polar surface area (TPSA) is 22.9 Å². The first kappa shape index (κ1) is 17.9. The van der Waals surface area contributed by atoms with Gasteiger partial charge >= 0.3 is 0 Å². The van der Waals surface area contributed by atoms with Crippen molar-refractivity contribution in [3.8, 4) is 0 Å². The fourth-order valence-corrected chi connectivity index (χ4v) is 5.23. The summed E-state index contributed by atoms with van der Waals surface area (Å²) in [5.41, 5.74) is 0. The van der Waals surface area contributed by atoms with Crippen LogP contribution in [0.4, 0.5) is 0 Å². The van der Waals surface area contributed by atoms with Gasteiger partial charge in [0.2, 0.25) is 0 Å². The lowest BCUT2D eigenvalue weighted by molar-refractivity contribution is -0.940. The standard InChI is InChI=1S/C16H32NO2PS/c1-3-4-7-13-18-20(2,21)19-14-15-9-8-12-17-11-6-5-10-16(15)17/h15-16H,3-14H2,1-2H3/p+1/t15-,16-,20-/m1/s1. The summed E-state index contributed by atoms with van der Waals surface area (Å²) in [6.07, 6.45) is 10.4. The van der Waals surface area contributed by atoms with E-state index in [0.29, 0.717) is 5.92 Å². The molecule has 21 heavy (non-hydrogen) atoms. The molecule has 4 atom stereocenters. The maximum absolute atomic E-state index is 6.09. The Kier molecular flexibility index (Phi) is 7.64. The van der Waals surface area contributed by atoms with E-state index in [0.717, 1.165) is 25.7 Å². The van der Waals surface area contributed by atoms with E-state index >= 15 is 0 Å². The van der Waals surface area contributed by atoms with Gasteiger partial charge in [-0.05, 0) is 50.3 Å². The summed E-state index contributed by atoms with van der Waals surface area (Å²) in [5.74, 6) is 0.704. The lowest BCUT2D eigenvalue weighted by atomic mass is 9.84. The van der Waals surface area contributed by atoms with Gasteiger partial charge in [0.1, 0.15) is 0 Å². The van der Waals surface area contributed by atoms with Gasteiger partial charge in [-0.25, -0.2) is 0 Å². The summed E-state index contributed by atoms with van der Waals surface area (Å²) in [4.78, 5) is 1.83. The van der Waals surface area contributed by atoms with Crippen LogP contribution in [-0.4, -0.2) is 39.0 Å². The van der Waals surface area contributed by atoms with Crippen LogP contribution >= 0.6 is 6.49 Å². The Hall–Kier alpha value is 0.530.